The molecule has 20 heavy (non-hydrogen) atoms. The van der Waals surface area contributed by atoms with Crippen LogP contribution in [0.1, 0.15) is 16.7 Å². The molecular formula is C16H14ClNO2. The highest BCUT2D eigenvalue weighted by molar-refractivity contribution is 6.31. The van der Waals surface area contributed by atoms with Gasteiger partial charge >= 0.3 is 0 Å². The molecule has 3 nitrogen and oxygen atoms in total. The summed E-state index contributed by atoms with van der Waals surface area (Å²) in [5.74, 6) is 0.743. The van der Waals surface area contributed by atoms with Crippen molar-refractivity contribution in [2.45, 2.75) is 13.0 Å². The Hall–Kier alpha value is -2.02. The largest absolute Gasteiger partial charge is 0.489 e. The Bertz CT molecular complexity index is 617. The van der Waals surface area contributed by atoms with E-state index in [0.717, 1.165) is 16.9 Å². The Morgan fingerprint density at radius 2 is 1.90 bits per heavy atom. The number of nitriles is 1. The molecule has 0 saturated carbocycles. The van der Waals surface area contributed by atoms with Gasteiger partial charge in [-0.3, -0.25) is 0 Å². The molecule has 4 heteroatoms. The maximum atomic E-state index is 8.85. The van der Waals surface area contributed by atoms with Gasteiger partial charge < -0.3 is 9.84 Å². The number of halogens is 1. The quantitative estimate of drug-likeness (QED) is 0.918. The normalized spacial score (nSPS) is 10.1. The second-order valence-corrected chi connectivity index (χ2v) is 4.73. The Kier molecular flexibility index (Phi) is 5.00. The highest BCUT2D eigenvalue weighted by Gasteiger charge is 2.03. The number of ether oxygens (including phenoxy) is 1. The summed E-state index contributed by atoms with van der Waals surface area (Å²) in [4.78, 5) is 0. The minimum absolute atomic E-state index is 0.140. The second-order valence-electron chi connectivity index (χ2n) is 4.32. The number of aliphatic hydroxyl groups is 1. The highest BCUT2D eigenvalue weighted by Crippen LogP contribution is 2.20. The molecular weight excluding hydrogens is 274 g/mol. The fourth-order valence-corrected chi connectivity index (χ4v) is 2.01. The Morgan fingerprint density at radius 3 is 2.50 bits per heavy atom. The number of nitrogens with zero attached hydrogens (tertiary/aromatic N) is 1. The van der Waals surface area contributed by atoms with E-state index in [1.54, 1.807) is 18.2 Å². The first kappa shape index (κ1) is 14.4. The Balaban J connectivity index is 2.00. The molecule has 0 aromatic heterocycles. The molecule has 0 aliphatic rings. The predicted molar refractivity (Wildman–Crippen MR) is 77.7 cm³/mol. The molecule has 102 valence electrons. The number of hydrogen-bond acceptors (Lipinski definition) is 3. The minimum atomic E-state index is 0.140. The van der Waals surface area contributed by atoms with Crippen molar-refractivity contribution >= 4 is 11.6 Å². The molecule has 0 spiro atoms. The third kappa shape index (κ3) is 3.74. The van der Waals surface area contributed by atoms with E-state index in [2.05, 4.69) is 0 Å². The van der Waals surface area contributed by atoms with Gasteiger partial charge in [0.2, 0.25) is 0 Å². The lowest BCUT2D eigenvalue weighted by atomic mass is 10.1. The number of rotatable bonds is 5. The number of benzene rings is 2. The van der Waals surface area contributed by atoms with E-state index in [4.69, 9.17) is 26.7 Å². The zero-order valence-corrected chi connectivity index (χ0v) is 11.6. The van der Waals surface area contributed by atoms with Crippen molar-refractivity contribution < 1.29 is 9.84 Å². The molecule has 0 unspecified atom stereocenters. The van der Waals surface area contributed by atoms with Crippen LogP contribution in [0.15, 0.2) is 42.5 Å². The van der Waals surface area contributed by atoms with E-state index in [-0.39, 0.29) is 6.61 Å². The van der Waals surface area contributed by atoms with Crippen molar-refractivity contribution in [2.75, 3.05) is 6.61 Å². The summed E-state index contributed by atoms with van der Waals surface area (Å²) in [5.41, 5.74) is 2.44. The molecule has 2 rings (SSSR count). The molecule has 1 N–H and O–H groups in total. The van der Waals surface area contributed by atoms with Gasteiger partial charge in [0.25, 0.3) is 0 Å². The average molecular weight is 288 g/mol. The molecule has 2 aromatic carbocycles. The van der Waals surface area contributed by atoms with E-state index in [9.17, 15) is 0 Å². The zero-order chi connectivity index (χ0) is 14.4. The maximum Gasteiger partial charge on any atom is 0.119 e. The van der Waals surface area contributed by atoms with Crippen molar-refractivity contribution in [3.8, 4) is 11.8 Å². The summed E-state index contributed by atoms with van der Waals surface area (Å²) in [6.45, 7) is 0.491. The van der Waals surface area contributed by atoms with Gasteiger partial charge in [-0.15, -0.1) is 0 Å². The van der Waals surface area contributed by atoms with Crippen molar-refractivity contribution in [2.24, 2.45) is 0 Å². The monoisotopic (exact) mass is 287 g/mol. The smallest absolute Gasteiger partial charge is 0.119 e. The first-order valence-corrected chi connectivity index (χ1v) is 6.62. The second kappa shape index (κ2) is 6.95. The van der Waals surface area contributed by atoms with Crippen LogP contribution in [0.5, 0.6) is 5.75 Å². The van der Waals surface area contributed by atoms with E-state index >= 15 is 0 Å². The van der Waals surface area contributed by atoms with E-state index < -0.39 is 0 Å². The van der Waals surface area contributed by atoms with Crippen molar-refractivity contribution in [1.29, 1.82) is 5.26 Å². The predicted octanol–water partition coefficient (Wildman–Crippen LogP) is 3.33. The van der Waals surface area contributed by atoms with Gasteiger partial charge in [0.05, 0.1) is 11.6 Å². The molecule has 0 bridgehead atoms. The Labute approximate surface area is 123 Å². The molecule has 2 aromatic rings. The van der Waals surface area contributed by atoms with Gasteiger partial charge in [0.1, 0.15) is 12.4 Å². The summed E-state index contributed by atoms with van der Waals surface area (Å²) in [7, 11) is 0. The van der Waals surface area contributed by atoms with Gasteiger partial charge in [0.15, 0.2) is 0 Å². The van der Waals surface area contributed by atoms with E-state index in [0.29, 0.717) is 23.6 Å². The summed E-state index contributed by atoms with van der Waals surface area (Å²) in [6.07, 6.45) is 0.641. The fourth-order valence-electron chi connectivity index (χ4n) is 1.78. The lowest BCUT2D eigenvalue weighted by Gasteiger charge is -2.08. The third-order valence-corrected chi connectivity index (χ3v) is 3.25. The van der Waals surface area contributed by atoms with Crippen LogP contribution in [-0.2, 0) is 13.0 Å². The Morgan fingerprint density at radius 1 is 1.15 bits per heavy atom. The lowest BCUT2D eigenvalue weighted by Crippen LogP contribution is -1.97. The summed E-state index contributed by atoms with van der Waals surface area (Å²) >= 11 is 6.08. The molecule has 0 saturated heterocycles. The summed E-state index contributed by atoms with van der Waals surface area (Å²) < 4.78 is 5.65. The minimum Gasteiger partial charge on any atom is -0.489 e. The highest BCUT2D eigenvalue weighted by atomic mass is 35.5. The zero-order valence-electron chi connectivity index (χ0n) is 10.8. The topological polar surface area (TPSA) is 53.2 Å². The molecule has 0 heterocycles. The first-order chi connectivity index (χ1) is 9.72. The SMILES string of the molecule is N#Cc1ccc(COc2ccc(CCO)cc2)c(Cl)c1. The molecule has 0 aliphatic heterocycles. The van der Waals surface area contributed by atoms with Gasteiger partial charge in [0, 0.05) is 17.2 Å². The van der Waals surface area contributed by atoms with Crippen LogP contribution in [0.25, 0.3) is 0 Å². The first-order valence-electron chi connectivity index (χ1n) is 6.24. The maximum absolute atomic E-state index is 8.85. The van der Waals surface area contributed by atoms with Gasteiger partial charge in [-0.1, -0.05) is 29.8 Å². The van der Waals surface area contributed by atoms with Crippen molar-refractivity contribution in [3.05, 3.63) is 64.2 Å². The molecule has 0 aliphatic carbocycles. The van der Waals surface area contributed by atoms with Crippen LogP contribution < -0.4 is 4.74 Å². The van der Waals surface area contributed by atoms with Crippen LogP contribution in [0, 0.1) is 11.3 Å². The van der Waals surface area contributed by atoms with Crippen molar-refractivity contribution in [1.82, 2.24) is 0 Å². The molecule has 0 radical (unpaired) electrons. The fraction of sp³-hybridized carbons (Fsp3) is 0.188. The summed E-state index contributed by atoms with van der Waals surface area (Å²) in [6, 6.07) is 14.8. The number of hydrogen-bond donors (Lipinski definition) is 1. The average Bonchev–Trinajstić information content (AvgIpc) is 2.48. The van der Waals surface area contributed by atoms with Crippen LogP contribution in [0.3, 0.4) is 0 Å². The van der Waals surface area contributed by atoms with Crippen LogP contribution >= 0.6 is 11.6 Å². The van der Waals surface area contributed by atoms with E-state index in [1.807, 2.05) is 30.3 Å². The van der Waals surface area contributed by atoms with Gasteiger partial charge in [-0.25, -0.2) is 0 Å². The molecule has 0 amide bonds. The van der Waals surface area contributed by atoms with E-state index in [1.165, 1.54) is 0 Å². The van der Waals surface area contributed by atoms with Gasteiger partial charge in [-0.2, -0.15) is 5.26 Å². The lowest BCUT2D eigenvalue weighted by molar-refractivity contribution is 0.298. The standard InChI is InChI=1S/C16H14ClNO2/c17-16-9-13(10-18)1-4-14(16)11-20-15-5-2-12(3-6-15)7-8-19/h1-6,9,19H,7-8,11H2. The number of aliphatic hydroxyl groups excluding tert-OH is 1. The third-order valence-electron chi connectivity index (χ3n) is 2.90. The van der Waals surface area contributed by atoms with Crippen LogP contribution in [0.2, 0.25) is 5.02 Å². The molecule has 0 fully saturated rings. The summed E-state index contributed by atoms with van der Waals surface area (Å²) in [5, 5.41) is 18.1. The van der Waals surface area contributed by atoms with Crippen molar-refractivity contribution in [3.63, 3.8) is 0 Å². The van der Waals surface area contributed by atoms with Gasteiger partial charge in [-0.05, 0) is 36.2 Å². The molecule has 0 atom stereocenters. The van der Waals surface area contributed by atoms with Crippen LogP contribution in [0.4, 0.5) is 0 Å². The van der Waals surface area contributed by atoms with Crippen LogP contribution in [-0.4, -0.2) is 11.7 Å².